The third-order valence-corrected chi connectivity index (χ3v) is 2.87. The van der Waals surface area contributed by atoms with Gasteiger partial charge in [0.25, 0.3) is 0 Å². The summed E-state index contributed by atoms with van der Waals surface area (Å²) >= 11 is 0. The molecule has 0 atom stereocenters. The smallest absolute Gasteiger partial charge is 0.323 e. The zero-order valence-corrected chi connectivity index (χ0v) is 11.5. The second-order valence-electron chi connectivity index (χ2n) is 4.30. The number of carbonyl (C=O) groups excluding carboxylic acids is 1. The summed E-state index contributed by atoms with van der Waals surface area (Å²) < 4.78 is 18.6. The van der Waals surface area contributed by atoms with Gasteiger partial charge >= 0.3 is 6.03 Å². The van der Waals surface area contributed by atoms with E-state index in [4.69, 9.17) is 10.5 Å². The monoisotopic (exact) mass is 289 g/mol. The van der Waals surface area contributed by atoms with Crippen LogP contribution in [0.2, 0.25) is 0 Å². The SMILES string of the molecule is COc1cc(CN)ccc1NC(=O)Nc1ccccc1F. The Morgan fingerprint density at radius 2 is 1.90 bits per heavy atom. The molecule has 6 heteroatoms. The van der Waals surface area contributed by atoms with Crippen LogP contribution >= 0.6 is 0 Å². The minimum absolute atomic E-state index is 0.104. The number of ether oxygens (including phenoxy) is 1. The summed E-state index contributed by atoms with van der Waals surface area (Å²) in [4.78, 5) is 11.9. The molecule has 4 N–H and O–H groups in total. The van der Waals surface area contributed by atoms with Crippen molar-refractivity contribution in [1.29, 1.82) is 0 Å². The number of hydrogen-bond donors (Lipinski definition) is 3. The highest BCUT2D eigenvalue weighted by atomic mass is 19.1. The van der Waals surface area contributed by atoms with E-state index in [0.717, 1.165) is 5.56 Å². The number of para-hydroxylation sites is 1. The largest absolute Gasteiger partial charge is 0.495 e. The van der Waals surface area contributed by atoms with Gasteiger partial charge in [0, 0.05) is 6.54 Å². The molecule has 110 valence electrons. The molecule has 0 saturated carbocycles. The Morgan fingerprint density at radius 3 is 2.57 bits per heavy atom. The average molecular weight is 289 g/mol. The lowest BCUT2D eigenvalue weighted by Crippen LogP contribution is -2.20. The van der Waals surface area contributed by atoms with Crippen LogP contribution in [-0.4, -0.2) is 13.1 Å². The van der Waals surface area contributed by atoms with Crippen LogP contribution in [0.15, 0.2) is 42.5 Å². The van der Waals surface area contributed by atoms with E-state index in [-0.39, 0.29) is 5.69 Å². The highest BCUT2D eigenvalue weighted by Crippen LogP contribution is 2.25. The molecule has 0 spiro atoms. The number of methoxy groups -OCH3 is 1. The van der Waals surface area contributed by atoms with Crippen molar-refractivity contribution in [2.24, 2.45) is 5.73 Å². The van der Waals surface area contributed by atoms with Crippen molar-refractivity contribution in [1.82, 2.24) is 0 Å². The summed E-state index contributed by atoms with van der Waals surface area (Å²) in [6, 6.07) is 10.6. The maximum atomic E-state index is 13.5. The first-order valence-corrected chi connectivity index (χ1v) is 6.33. The van der Waals surface area contributed by atoms with Crippen LogP contribution < -0.4 is 21.1 Å². The first kappa shape index (κ1) is 14.8. The first-order chi connectivity index (χ1) is 10.1. The number of carbonyl (C=O) groups is 1. The van der Waals surface area contributed by atoms with Crippen LogP contribution in [-0.2, 0) is 6.54 Å². The normalized spacial score (nSPS) is 10.0. The Bertz CT molecular complexity index is 647. The lowest BCUT2D eigenvalue weighted by atomic mass is 10.2. The van der Waals surface area contributed by atoms with Gasteiger partial charge in [-0.25, -0.2) is 9.18 Å². The Morgan fingerprint density at radius 1 is 1.19 bits per heavy atom. The van der Waals surface area contributed by atoms with E-state index in [0.29, 0.717) is 18.0 Å². The summed E-state index contributed by atoms with van der Waals surface area (Å²) in [6.45, 7) is 0.373. The number of nitrogens with one attached hydrogen (secondary N) is 2. The van der Waals surface area contributed by atoms with Gasteiger partial charge in [0.05, 0.1) is 18.5 Å². The topological polar surface area (TPSA) is 76.4 Å². The van der Waals surface area contributed by atoms with E-state index in [9.17, 15) is 9.18 Å². The molecule has 0 fully saturated rings. The molecule has 2 aromatic rings. The van der Waals surface area contributed by atoms with Gasteiger partial charge in [-0.15, -0.1) is 0 Å². The van der Waals surface area contributed by atoms with E-state index >= 15 is 0 Å². The van der Waals surface area contributed by atoms with Crippen molar-refractivity contribution in [3.8, 4) is 5.75 Å². The van der Waals surface area contributed by atoms with Crippen LogP contribution in [0.25, 0.3) is 0 Å². The fourth-order valence-corrected chi connectivity index (χ4v) is 1.80. The van der Waals surface area contributed by atoms with Gasteiger partial charge in [-0.05, 0) is 29.8 Å². The zero-order chi connectivity index (χ0) is 15.2. The maximum absolute atomic E-state index is 13.5. The Kier molecular flexibility index (Phi) is 4.73. The van der Waals surface area contributed by atoms with Crippen LogP contribution in [0.3, 0.4) is 0 Å². The molecule has 5 nitrogen and oxygen atoms in total. The Balaban J connectivity index is 2.11. The number of hydrogen-bond acceptors (Lipinski definition) is 3. The molecule has 0 aliphatic heterocycles. The lowest BCUT2D eigenvalue weighted by Gasteiger charge is -2.12. The van der Waals surface area contributed by atoms with Gasteiger partial charge in [0.2, 0.25) is 0 Å². The third kappa shape index (κ3) is 3.70. The molecule has 0 aliphatic carbocycles. The van der Waals surface area contributed by atoms with Crippen molar-refractivity contribution in [2.45, 2.75) is 6.54 Å². The molecule has 0 radical (unpaired) electrons. The van der Waals surface area contributed by atoms with E-state index < -0.39 is 11.8 Å². The second-order valence-corrected chi connectivity index (χ2v) is 4.30. The van der Waals surface area contributed by atoms with Gasteiger partial charge in [-0.1, -0.05) is 18.2 Å². The quantitative estimate of drug-likeness (QED) is 0.810. The molecule has 0 bridgehead atoms. The zero-order valence-electron chi connectivity index (χ0n) is 11.5. The van der Waals surface area contributed by atoms with Gasteiger partial charge in [0.1, 0.15) is 11.6 Å². The third-order valence-electron chi connectivity index (χ3n) is 2.87. The summed E-state index contributed by atoms with van der Waals surface area (Å²) in [5, 5.41) is 5.04. The van der Waals surface area contributed by atoms with E-state index in [1.807, 2.05) is 0 Å². The fourth-order valence-electron chi connectivity index (χ4n) is 1.80. The van der Waals surface area contributed by atoms with Crippen LogP contribution in [0.4, 0.5) is 20.6 Å². The van der Waals surface area contributed by atoms with Gasteiger partial charge in [-0.2, -0.15) is 0 Å². The summed E-state index contributed by atoms with van der Waals surface area (Å²) in [7, 11) is 1.50. The Hall–Kier alpha value is -2.60. The highest BCUT2D eigenvalue weighted by molar-refractivity contribution is 6.00. The standard InChI is InChI=1S/C15H16FN3O2/c1-21-14-8-10(9-17)6-7-13(14)19-15(20)18-12-5-3-2-4-11(12)16/h2-8H,9,17H2,1H3,(H2,18,19,20). The fraction of sp³-hybridized carbons (Fsp3) is 0.133. The van der Waals surface area contributed by atoms with Crippen molar-refractivity contribution < 1.29 is 13.9 Å². The van der Waals surface area contributed by atoms with E-state index in [2.05, 4.69) is 10.6 Å². The van der Waals surface area contributed by atoms with Gasteiger partial charge in [0.15, 0.2) is 0 Å². The number of anilines is 2. The molecule has 0 aromatic heterocycles. The summed E-state index contributed by atoms with van der Waals surface area (Å²) in [5.41, 5.74) is 7.01. The molecular formula is C15H16FN3O2. The van der Waals surface area contributed by atoms with E-state index in [1.165, 1.54) is 19.2 Å². The summed E-state index contributed by atoms with van der Waals surface area (Å²) in [5.74, 6) is -0.0141. The molecular weight excluding hydrogens is 273 g/mol. The molecule has 2 rings (SSSR count). The maximum Gasteiger partial charge on any atom is 0.323 e. The minimum atomic E-state index is -0.557. The highest BCUT2D eigenvalue weighted by Gasteiger charge is 2.10. The average Bonchev–Trinajstić information content (AvgIpc) is 2.50. The Labute approximate surface area is 121 Å². The number of nitrogens with two attached hydrogens (primary N) is 1. The second kappa shape index (κ2) is 6.71. The van der Waals surface area contributed by atoms with Crippen LogP contribution in [0, 0.1) is 5.82 Å². The number of benzene rings is 2. The molecule has 0 aliphatic rings. The van der Waals surface area contributed by atoms with Crippen LogP contribution in [0.5, 0.6) is 5.75 Å². The number of halogens is 1. The minimum Gasteiger partial charge on any atom is -0.495 e. The number of amides is 2. The summed E-state index contributed by atoms with van der Waals surface area (Å²) in [6.07, 6.45) is 0. The predicted octanol–water partition coefficient (Wildman–Crippen LogP) is 2.94. The number of rotatable bonds is 4. The molecule has 2 amide bonds. The van der Waals surface area contributed by atoms with E-state index in [1.54, 1.807) is 30.3 Å². The van der Waals surface area contributed by atoms with Crippen molar-refractivity contribution in [2.75, 3.05) is 17.7 Å². The lowest BCUT2D eigenvalue weighted by molar-refractivity contribution is 0.262. The molecule has 0 unspecified atom stereocenters. The molecule has 0 heterocycles. The molecule has 2 aromatic carbocycles. The number of urea groups is 1. The molecule has 21 heavy (non-hydrogen) atoms. The van der Waals surface area contributed by atoms with Gasteiger partial charge < -0.3 is 21.1 Å². The molecule has 0 saturated heterocycles. The van der Waals surface area contributed by atoms with Crippen molar-refractivity contribution in [3.05, 3.63) is 53.8 Å². The van der Waals surface area contributed by atoms with Crippen molar-refractivity contribution >= 4 is 17.4 Å². The first-order valence-electron chi connectivity index (χ1n) is 6.33. The van der Waals surface area contributed by atoms with Crippen molar-refractivity contribution in [3.63, 3.8) is 0 Å². The predicted molar refractivity (Wildman–Crippen MR) is 79.9 cm³/mol. The van der Waals surface area contributed by atoms with Crippen LogP contribution in [0.1, 0.15) is 5.56 Å². The van der Waals surface area contributed by atoms with Gasteiger partial charge in [-0.3, -0.25) is 0 Å².